The summed E-state index contributed by atoms with van der Waals surface area (Å²) in [5.74, 6) is 1.23. The van der Waals surface area contributed by atoms with Crippen molar-refractivity contribution in [3.8, 4) is 11.5 Å². The normalized spacial score (nSPS) is 10.2. The van der Waals surface area contributed by atoms with Crippen LogP contribution in [0.3, 0.4) is 0 Å². The summed E-state index contributed by atoms with van der Waals surface area (Å²) < 4.78 is 10.6. The fourth-order valence-electron chi connectivity index (χ4n) is 1.86. The summed E-state index contributed by atoms with van der Waals surface area (Å²) in [7, 11) is 1.60. The van der Waals surface area contributed by atoms with Crippen molar-refractivity contribution >= 4 is 17.4 Å². The van der Waals surface area contributed by atoms with Crippen molar-refractivity contribution in [2.45, 2.75) is 6.92 Å². The fourth-order valence-corrected chi connectivity index (χ4v) is 2.04. The summed E-state index contributed by atoms with van der Waals surface area (Å²) in [6.45, 7) is 1.85. The Hall–Kier alpha value is -2.00. The van der Waals surface area contributed by atoms with Crippen molar-refractivity contribution in [3.63, 3.8) is 0 Å². The number of carbonyl (C=O) groups is 1. The monoisotopic (exact) mass is 290 g/mol. The summed E-state index contributed by atoms with van der Waals surface area (Å²) in [5.41, 5.74) is 1.50. The molecule has 0 aliphatic carbocycles. The third-order valence-electron chi connectivity index (χ3n) is 2.90. The van der Waals surface area contributed by atoms with Crippen molar-refractivity contribution < 1.29 is 14.3 Å². The number of methoxy groups -OCH3 is 1. The molecule has 0 spiro atoms. The fraction of sp³-hybridized carbons (Fsp3) is 0.188. The number of halogens is 1. The van der Waals surface area contributed by atoms with Gasteiger partial charge in [0.25, 0.3) is 0 Å². The van der Waals surface area contributed by atoms with Crippen molar-refractivity contribution in [2.75, 3.05) is 13.7 Å². The van der Waals surface area contributed by atoms with Gasteiger partial charge >= 0.3 is 0 Å². The van der Waals surface area contributed by atoms with Crippen LogP contribution in [0.4, 0.5) is 0 Å². The van der Waals surface area contributed by atoms with E-state index in [0.29, 0.717) is 16.3 Å². The molecular formula is C16H15ClO3. The highest BCUT2D eigenvalue weighted by atomic mass is 35.5. The Labute approximate surface area is 123 Å². The molecule has 0 saturated heterocycles. The second-order valence-electron chi connectivity index (χ2n) is 4.35. The van der Waals surface area contributed by atoms with E-state index in [2.05, 4.69) is 0 Å². The van der Waals surface area contributed by atoms with Crippen LogP contribution >= 0.6 is 11.6 Å². The van der Waals surface area contributed by atoms with Crippen molar-refractivity contribution in [1.29, 1.82) is 0 Å². The van der Waals surface area contributed by atoms with Crippen LogP contribution in [0, 0.1) is 6.92 Å². The maximum absolute atomic E-state index is 12.1. The van der Waals surface area contributed by atoms with Crippen LogP contribution < -0.4 is 9.47 Å². The summed E-state index contributed by atoms with van der Waals surface area (Å²) in [6, 6.07) is 12.3. The average molecular weight is 291 g/mol. The first-order valence-electron chi connectivity index (χ1n) is 6.16. The summed E-state index contributed by atoms with van der Waals surface area (Å²) >= 11 is 5.86. The SMILES string of the molecule is COc1ccc(C(=O)COc2cccc(Cl)c2)c(C)c1. The smallest absolute Gasteiger partial charge is 0.200 e. The Kier molecular flexibility index (Phi) is 4.64. The summed E-state index contributed by atoms with van der Waals surface area (Å²) in [6.07, 6.45) is 0. The lowest BCUT2D eigenvalue weighted by Gasteiger charge is -2.09. The zero-order valence-electron chi connectivity index (χ0n) is 11.4. The van der Waals surface area contributed by atoms with Crippen molar-refractivity contribution in [3.05, 3.63) is 58.6 Å². The highest BCUT2D eigenvalue weighted by Crippen LogP contribution is 2.19. The number of Topliss-reactive ketones (excluding diaryl/α,β-unsaturated/α-hetero) is 1. The Bertz CT molecular complexity index is 623. The number of ketones is 1. The van der Waals surface area contributed by atoms with Crippen LogP contribution in [0.25, 0.3) is 0 Å². The molecule has 0 aliphatic heterocycles. The third kappa shape index (κ3) is 3.52. The van der Waals surface area contributed by atoms with Gasteiger partial charge in [-0.15, -0.1) is 0 Å². The Morgan fingerprint density at radius 3 is 2.60 bits per heavy atom. The molecule has 0 radical (unpaired) electrons. The molecular weight excluding hydrogens is 276 g/mol. The number of benzene rings is 2. The minimum atomic E-state index is -0.0786. The predicted molar refractivity (Wildman–Crippen MR) is 79.0 cm³/mol. The van der Waals surface area contributed by atoms with Gasteiger partial charge in [0.15, 0.2) is 12.4 Å². The third-order valence-corrected chi connectivity index (χ3v) is 3.14. The van der Waals surface area contributed by atoms with Gasteiger partial charge in [0.1, 0.15) is 11.5 Å². The zero-order chi connectivity index (χ0) is 14.5. The van der Waals surface area contributed by atoms with Gasteiger partial charge in [0, 0.05) is 10.6 Å². The molecule has 2 aromatic rings. The van der Waals surface area contributed by atoms with Crippen LogP contribution in [-0.4, -0.2) is 19.5 Å². The van der Waals surface area contributed by atoms with Gasteiger partial charge in [-0.1, -0.05) is 17.7 Å². The average Bonchev–Trinajstić information content (AvgIpc) is 2.44. The molecule has 0 atom stereocenters. The molecule has 20 heavy (non-hydrogen) atoms. The van der Waals surface area contributed by atoms with Gasteiger partial charge in [-0.3, -0.25) is 4.79 Å². The highest BCUT2D eigenvalue weighted by Gasteiger charge is 2.10. The minimum Gasteiger partial charge on any atom is -0.497 e. The Morgan fingerprint density at radius 1 is 1.15 bits per heavy atom. The summed E-state index contributed by atoms with van der Waals surface area (Å²) in [4.78, 5) is 12.1. The Balaban J connectivity index is 2.05. The second kappa shape index (κ2) is 6.44. The quantitative estimate of drug-likeness (QED) is 0.783. The first-order valence-corrected chi connectivity index (χ1v) is 6.54. The molecule has 2 rings (SSSR count). The molecule has 104 valence electrons. The Morgan fingerprint density at radius 2 is 1.95 bits per heavy atom. The predicted octanol–water partition coefficient (Wildman–Crippen LogP) is 3.92. The number of aryl methyl sites for hydroxylation is 1. The molecule has 4 heteroatoms. The molecule has 0 amide bonds. The van der Waals surface area contributed by atoms with E-state index >= 15 is 0 Å². The van der Waals surface area contributed by atoms with Gasteiger partial charge < -0.3 is 9.47 Å². The number of ether oxygens (including phenoxy) is 2. The van der Waals surface area contributed by atoms with E-state index < -0.39 is 0 Å². The molecule has 3 nitrogen and oxygen atoms in total. The molecule has 0 heterocycles. The number of hydrogen-bond donors (Lipinski definition) is 0. The molecule has 2 aromatic carbocycles. The van der Waals surface area contributed by atoms with Crippen LogP contribution in [-0.2, 0) is 0 Å². The van der Waals surface area contributed by atoms with Gasteiger partial charge in [-0.2, -0.15) is 0 Å². The van der Waals surface area contributed by atoms with Crippen LogP contribution in [0.5, 0.6) is 11.5 Å². The molecule has 0 saturated carbocycles. The van der Waals surface area contributed by atoms with Crippen LogP contribution in [0.15, 0.2) is 42.5 Å². The van der Waals surface area contributed by atoms with Crippen molar-refractivity contribution in [1.82, 2.24) is 0 Å². The van der Waals surface area contributed by atoms with Gasteiger partial charge in [-0.25, -0.2) is 0 Å². The van der Waals surface area contributed by atoms with E-state index in [4.69, 9.17) is 21.1 Å². The van der Waals surface area contributed by atoms with Gasteiger partial charge in [-0.05, 0) is 48.9 Å². The van der Waals surface area contributed by atoms with E-state index in [-0.39, 0.29) is 12.4 Å². The zero-order valence-corrected chi connectivity index (χ0v) is 12.1. The lowest BCUT2D eigenvalue weighted by atomic mass is 10.0. The van der Waals surface area contributed by atoms with E-state index in [1.807, 2.05) is 13.0 Å². The van der Waals surface area contributed by atoms with Gasteiger partial charge in [0.2, 0.25) is 0 Å². The number of hydrogen-bond acceptors (Lipinski definition) is 3. The van der Waals surface area contributed by atoms with E-state index in [9.17, 15) is 4.79 Å². The maximum Gasteiger partial charge on any atom is 0.200 e. The molecule has 0 fully saturated rings. The highest BCUT2D eigenvalue weighted by molar-refractivity contribution is 6.30. The molecule has 0 unspecified atom stereocenters. The van der Waals surface area contributed by atoms with Crippen molar-refractivity contribution in [2.24, 2.45) is 0 Å². The van der Waals surface area contributed by atoms with Crippen LogP contribution in [0.1, 0.15) is 15.9 Å². The second-order valence-corrected chi connectivity index (χ2v) is 4.79. The molecule has 0 bridgehead atoms. The van der Waals surface area contributed by atoms with Gasteiger partial charge in [0.05, 0.1) is 7.11 Å². The minimum absolute atomic E-state index is 0.0203. The maximum atomic E-state index is 12.1. The van der Waals surface area contributed by atoms with E-state index in [1.165, 1.54) is 0 Å². The number of rotatable bonds is 5. The standard InChI is InChI=1S/C16H15ClO3/c1-11-8-13(19-2)6-7-15(11)16(18)10-20-14-5-3-4-12(17)9-14/h3-9H,10H2,1-2H3. The topological polar surface area (TPSA) is 35.5 Å². The lowest BCUT2D eigenvalue weighted by molar-refractivity contribution is 0.0921. The first-order chi connectivity index (χ1) is 9.60. The molecule has 0 aliphatic rings. The lowest BCUT2D eigenvalue weighted by Crippen LogP contribution is -2.13. The largest absolute Gasteiger partial charge is 0.497 e. The van der Waals surface area contributed by atoms with E-state index in [1.54, 1.807) is 43.5 Å². The molecule has 0 aromatic heterocycles. The first kappa shape index (κ1) is 14.4. The van der Waals surface area contributed by atoms with Crippen LogP contribution in [0.2, 0.25) is 5.02 Å². The number of carbonyl (C=O) groups excluding carboxylic acids is 1. The molecule has 0 N–H and O–H groups in total. The summed E-state index contributed by atoms with van der Waals surface area (Å²) in [5, 5.41) is 0.579. The van der Waals surface area contributed by atoms with E-state index in [0.717, 1.165) is 11.3 Å².